The van der Waals surface area contributed by atoms with Crippen LogP contribution in [0.4, 0.5) is 0 Å². The van der Waals surface area contributed by atoms with E-state index >= 15 is 0 Å². The molecular weight excluding hydrogens is 270 g/mol. The minimum absolute atomic E-state index is 0. The zero-order valence-corrected chi connectivity index (χ0v) is 15.5. The molecule has 0 radical (unpaired) electrons. The third-order valence-electron chi connectivity index (χ3n) is 1.39. The number of rotatable bonds is 2. The van der Waals surface area contributed by atoms with Crippen LogP contribution in [0.5, 0.6) is 0 Å². The largest absolute Gasteiger partial charge is 4.00 e. The van der Waals surface area contributed by atoms with Gasteiger partial charge in [0.15, 0.2) is 0 Å². The van der Waals surface area contributed by atoms with Gasteiger partial charge in [0.05, 0.1) is 0 Å². The van der Waals surface area contributed by atoms with Crippen molar-refractivity contribution in [1.82, 2.24) is 0 Å². The Bertz CT molecular complexity index is 185. The van der Waals surface area contributed by atoms with Crippen molar-refractivity contribution in [3.05, 3.63) is 39.8 Å². The average Bonchev–Trinajstić information content (AvgIpc) is 2.73. The molecule has 3 nitrogen and oxygen atoms in total. The molecule has 110 valence electrons. The van der Waals surface area contributed by atoms with Crippen LogP contribution in [0, 0.1) is 12.0 Å². The summed E-state index contributed by atoms with van der Waals surface area (Å²) in [6, 6.07) is 0. The van der Waals surface area contributed by atoms with Crippen LogP contribution in [0.15, 0.2) is 17.7 Å². The molecule has 1 aliphatic rings. The summed E-state index contributed by atoms with van der Waals surface area (Å²) in [5.74, 6) is 0.773. The Morgan fingerprint density at radius 1 is 1.00 bits per heavy atom. The molecule has 0 saturated heterocycles. The molecule has 0 aromatic carbocycles. The van der Waals surface area contributed by atoms with Gasteiger partial charge in [-0.2, -0.15) is 48.4 Å². The zero-order valence-electron chi connectivity index (χ0n) is 14.0. The smallest absolute Gasteiger partial charge is 0.668 e. The molecule has 4 heteroatoms. The van der Waals surface area contributed by atoms with Crippen molar-refractivity contribution in [2.75, 3.05) is 42.3 Å². The van der Waals surface area contributed by atoms with Gasteiger partial charge in [-0.15, -0.1) is 6.42 Å². The Hall–Kier alpha value is 0.0743. The fraction of sp³-hybridized carbons (Fsp3) is 0.733. The van der Waals surface area contributed by atoms with Gasteiger partial charge in [-0.3, -0.25) is 6.08 Å². The van der Waals surface area contributed by atoms with E-state index in [1.54, 1.807) is 42.3 Å². The first kappa shape index (κ1) is 27.4. The van der Waals surface area contributed by atoms with E-state index in [4.69, 9.17) is 0 Å². The van der Waals surface area contributed by atoms with Crippen LogP contribution in [0.25, 0.3) is 16.0 Å². The Kier molecular flexibility index (Phi) is 38.4. The third-order valence-corrected chi connectivity index (χ3v) is 1.39. The maximum Gasteiger partial charge on any atom is 4.00 e. The molecule has 19 heavy (non-hydrogen) atoms. The first-order chi connectivity index (χ1) is 8.53. The fourth-order valence-corrected chi connectivity index (χ4v) is 1.03. The van der Waals surface area contributed by atoms with Crippen molar-refractivity contribution >= 4 is 0 Å². The van der Waals surface area contributed by atoms with E-state index in [9.17, 15) is 0 Å². The van der Waals surface area contributed by atoms with Gasteiger partial charge in [-0.1, -0.05) is 20.3 Å². The summed E-state index contributed by atoms with van der Waals surface area (Å²) in [5, 5.41) is 10.5. The summed E-state index contributed by atoms with van der Waals surface area (Å²) < 4.78 is 0. The van der Waals surface area contributed by atoms with Crippen LogP contribution in [0.3, 0.4) is 0 Å². The van der Waals surface area contributed by atoms with Crippen molar-refractivity contribution in [1.29, 1.82) is 0 Å². The van der Waals surface area contributed by atoms with Gasteiger partial charge in [0.2, 0.25) is 0 Å². The van der Waals surface area contributed by atoms with Gasteiger partial charge in [-0.25, -0.2) is 11.6 Å². The molecule has 0 saturated carbocycles. The quantitative estimate of drug-likeness (QED) is 0.529. The normalized spacial score (nSPS) is 10.9. The van der Waals surface area contributed by atoms with E-state index in [0.29, 0.717) is 0 Å². The molecule has 0 N–H and O–H groups in total. The van der Waals surface area contributed by atoms with Gasteiger partial charge >= 0.3 is 21.7 Å². The minimum Gasteiger partial charge on any atom is -0.668 e. The summed E-state index contributed by atoms with van der Waals surface area (Å²) in [5.41, 5.74) is 1.39. The van der Waals surface area contributed by atoms with Gasteiger partial charge in [0, 0.05) is 0 Å². The van der Waals surface area contributed by atoms with Gasteiger partial charge in [0.25, 0.3) is 0 Å². The minimum atomic E-state index is 0. The number of hydrogen-bond acceptors (Lipinski definition) is 0. The molecule has 0 heterocycles. The summed E-state index contributed by atoms with van der Waals surface area (Å²) in [4.78, 5) is 0. The monoisotopic (exact) mass is 301 g/mol. The predicted molar refractivity (Wildman–Crippen MR) is 85.6 cm³/mol. The number of nitrogens with zero attached hydrogens (tertiary/aromatic N) is 3. The maximum absolute atomic E-state index is 3.50. The molecule has 1 aliphatic carbocycles. The second kappa shape index (κ2) is 26.6. The first-order valence-corrected chi connectivity index (χ1v) is 6.23. The molecule has 0 fully saturated rings. The summed E-state index contributed by atoms with van der Waals surface area (Å²) in [6.07, 6.45) is 9.86. The third kappa shape index (κ3) is 38.1. The topological polar surface area (TPSA) is 42.3 Å². The molecule has 1 rings (SSSR count). The van der Waals surface area contributed by atoms with E-state index in [1.807, 2.05) is 0 Å². The fourth-order valence-electron chi connectivity index (χ4n) is 1.03. The van der Waals surface area contributed by atoms with Gasteiger partial charge in [0.1, 0.15) is 0 Å². The second-order valence-electron chi connectivity index (χ2n) is 4.25. The Morgan fingerprint density at radius 2 is 1.37 bits per heavy atom. The van der Waals surface area contributed by atoms with Crippen LogP contribution in [0.1, 0.15) is 26.7 Å². The standard InChI is InChI=1S/C9H13.3C2H6N.Ti/c1-8(2)7-9-5-3-4-6-9;3*1-3-2;/h3,5,8H,4,7H2,1-2H3;3*1-2H3;/q4*-1;+4. The summed E-state index contributed by atoms with van der Waals surface area (Å²) in [7, 11) is 10.5. The van der Waals surface area contributed by atoms with Gasteiger partial charge < -0.3 is 16.0 Å². The van der Waals surface area contributed by atoms with Crippen LogP contribution < -0.4 is 0 Å². The first-order valence-electron chi connectivity index (χ1n) is 6.23. The molecule has 0 bridgehead atoms. The number of allylic oxidation sites excluding steroid dienone is 4. The van der Waals surface area contributed by atoms with Crippen molar-refractivity contribution in [3.8, 4) is 0 Å². The van der Waals surface area contributed by atoms with Crippen LogP contribution >= 0.6 is 0 Å². The molecule has 0 unspecified atom stereocenters. The molecule has 0 atom stereocenters. The number of hydrogen-bond donors (Lipinski definition) is 0. The Morgan fingerprint density at radius 3 is 1.58 bits per heavy atom. The second-order valence-corrected chi connectivity index (χ2v) is 4.25. The SMILES string of the molecule is CC(C)CC1=[C-]CC=C1.C[N-]C.C[N-]C.C[N-]C.[Ti+4]. The van der Waals surface area contributed by atoms with Crippen LogP contribution in [-0.4, -0.2) is 42.3 Å². The molecule has 0 aromatic heterocycles. The van der Waals surface area contributed by atoms with Crippen LogP contribution in [0.2, 0.25) is 0 Å². The molecule has 0 aromatic rings. The molecule has 0 amide bonds. The molecule has 0 aliphatic heterocycles. The van der Waals surface area contributed by atoms with E-state index in [1.165, 1.54) is 12.0 Å². The summed E-state index contributed by atoms with van der Waals surface area (Å²) >= 11 is 0. The maximum atomic E-state index is 3.50. The van der Waals surface area contributed by atoms with Crippen LogP contribution in [-0.2, 0) is 21.7 Å². The van der Waals surface area contributed by atoms with Gasteiger partial charge in [-0.05, 0) is 5.92 Å². The van der Waals surface area contributed by atoms with E-state index in [2.05, 4.69) is 48.0 Å². The summed E-state index contributed by atoms with van der Waals surface area (Å²) in [6.45, 7) is 4.47. The van der Waals surface area contributed by atoms with E-state index in [-0.39, 0.29) is 21.7 Å². The predicted octanol–water partition coefficient (Wildman–Crippen LogP) is 4.58. The van der Waals surface area contributed by atoms with Crippen molar-refractivity contribution < 1.29 is 21.7 Å². The van der Waals surface area contributed by atoms with E-state index in [0.717, 1.165) is 12.3 Å². The van der Waals surface area contributed by atoms with E-state index < -0.39 is 0 Å². The van der Waals surface area contributed by atoms with Crippen molar-refractivity contribution in [2.45, 2.75) is 26.7 Å². The van der Waals surface area contributed by atoms with Crippen molar-refractivity contribution in [2.24, 2.45) is 5.92 Å². The Balaban J connectivity index is -0.0000000956. The van der Waals surface area contributed by atoms with Crippen molar-refractivity contribution in [3.63, 3.8) is 0 Å². The molecular formula is C15H31N3Ti. The molecule has 0 spiro atoms. The zero-order chi connectivity index (χ0) is 14.8. The average molecular weight is 301 g/mol. The Labute approximate surface area is 136 Å².